The number of morpholine rings is 1. The van der Waals surface area contributed by atoms with Gasteiger partial charge in [0.25, 0.3) is 11.5 Å². The van der Waals surface area contributed by atoms with Crippen LogP contribution in [0.25, 0.3) is 33.2 Å². The van der Waals surface area contributed by atoms with Gasteiger partial charge in [-0.3, -0.25) is 19.5 Å². The minimum absolute atomic E-state index is 0.0824. The van der Waals surface area contributed by atoms with Crippen molar-refractivity contribution in [2.45, 2.75) is 13.5 Å². The first-order valence-corrected chi connectivity index (χ1v) is 14.6. The molecule has 0 radical (unpaired) electrons. The number of nitrogens with zero attached hydrogens (tertiary/aromatic N) is 4. The van der Waals surface area contributed by atoms with Crippen molar-refractivity contribution in [2.75, 3.05) is 44.7 Å². The monoisotopic (exact) mass is 574 g/mol. The van der Waals surface area contributed by atoms with E-state index >= 15 is 0 Å². The molecular formula is C34H34N6O3. The second-order valence-electron chi connectivity index (χ2n) is 10.5. The molecule has 1 aliphatic heterocycles. The molecule has 0 saturated carbocycles. The summed E-state index contributed by atoms with van der Waals surface area (Å²) in [6.45, 7) is 7.05. The van der Waals surface area contributed by atoms with Crippen LogP contribution in [-0.4, -0.2) is 65.0 Å². The number of aryl methyl sites for hydroxylation is 1. The zero-order chi connectivity index (χ0) is 29.6. The Balaban J connectivity index is 1.21. The number of hydrogen-bond acceptors (Lipinski definition) is 7. The van der Waals surface area contributed by atoms with Gasteiger partial charge in [0.1, 0.15) is 5.69 Å². The average Bonchev–Trinajstić information content (AvgIpc) is 3.06. The molecule has 0 bridgehead atoms. The predicted molar refractivity (Wildman–Crippen MR) is 170 cm³/mol. The number of fused-ring (bicyclic) bond motifs is 1. The third-order valence-electron chi connectivity index (χ3n) is 7.67. The van der Waals surface area contributed by atoms with E-state index in [1.54, 1.807) is 18.5 Å². The van der Waals surface area contributed by atoms with Gasteiger partial charge in [-0.05, 0) is 42.3 Å². The first-order chi connectivity index (χ1) is 21.1. The fourth-order valence-electron chi connectivity index (χ4n) is 5.27. The normalized spacial score (nSPS) is 13.6. The van der Waals surface area contributed by atoms with Gasteiger partial charge >= 0.3 is 0 Å². The molecule has 0 atom stereocenters. The van der Waals surface area contributed by atoms with E-state index in [0.29, 0.717) is 30.0 Å². The van der Waals surface area contributed by atoms with Gasteiger partial charge in [0.2, 0.25) is 0 Å². The molecule has 0 unspecified atom stereocenters. The van der Waals surface area contributed by atoms with Crippen molar-refractivity contribution in [1.82, 2.24) is 25.0 Å². The maximum Gasteiger partial charge on any atom is 0.290 e. The lowest BCUT2D eigenvalue weighted by Crippen LogP contribution is -2.41. The van der Waals surface area contributed by atoms with Gasteiger partial charge < -0.3 is 15.4 Å². The summed E-state index contributed by atoms with van der Waals surface area (Å²) < 4.78 is 6.85. The molecule has 1 aliphatic rings. The second kappa shape index (κ2) is 13.0. The van der Waals surface area contributed by atoms with E-state index in [0.717, 1.165) is 66.0 Å². The number of ether oxygens (including phenoxy) is 1. The van der Waals surface area contributed by atoms with Gasteiger partial charge in [-0.1, -0.05) is 54.6 Å². The summed E-state index contributed by atoms with van der Waals surface area (Å²) in [6, 6.07) is 25.4. The third-order valence-corrected chi connectivity index (χ3v) is 7.67. The van der Waals surface area contributed by atoms with Crippen LogP contribution < -0.4 is 16.2 Å². The van der Waals surface area contributed by atoms with Crippen molar-refractivity contribution in [2.24, 2.45) is 0 Å². The molecule has 3 heterocycles. The number of nitrogens with one attached hydrogen (secondary N) is 2. The summed E-state index contributed by atoms with van der Waals surface area (Å²) in [5.41, 5.74) is 5.13. The van der Waals surface area contributed by atoms with Crippen LogP contribution in [-0.2, 0) is 11.3 Å². The lowest BCUT2D eigenvalue weighted by Gasteiger charge is -2.26. The van der Waals surface area contributed by atoms with Crippen molar-refractivity contribution < 1.29 is 9.53 Å². The fourth-order valence-corrected chi connectivity index (χ4v) is 5.27. The number of carbonyl (C=O) groups is 1. The predicted octanol–water partition coefficient (Wildman–Crippen LogP) is 4.95. The standard InChI is InChI=1S/C34H34N6O3/c1-2-40-34(42)31(37-32-23-35-22-28-6-3-4-9-29(28)32)21-30(38-40)27-8-5-7-26(20-27)24-10-12-25(13-11-24)33(41)36-14-15-39-16-18-43-19-17-39/h3-13,20-23,37H,2,14-19H2,1H3,(H,36,41). The van der Waals surface area contributed by atoms with Crippen LogP contribution in [0.5, 0.6) is 0 Å². The average molecular weight is 575 g/mol. The quantitative estimate of drug-likeness (QED) is 0.257. The van der Waals surface area contributed by atoms with Crippen LogP contribution in [0, 0.1) is 0 Å². The molecule has 9 heteroatoms. The smallest absolute Gasteiger partial charge is 0.290 e. The molecule has 218 valence electrons. The summed E-state index contributed by atoms with van der Waals surface area (Å²) in [4.78, 5) is 32.6. The molecule has 3 aromatic carbocycles. The number of benzene rings is 3. The molecule has 6 rings (SSSR count). The van der Waals surface area contributed by atoms with Crippen molar-refractivity contribution in [3.63, 3.8) is 0 Å². The van der Waals surface area contributed by atoms with E-state index in [2.05, 4.69) is 25.6 Å². The number of amides is 1. The van der Waals surface area contributed by atoms with Crippen LogP contribution in [0.4, 0.5) is 11.4 Å². The summed E-state index contributed by atoms with van der Waals surface area (Å²) in [6.07, 6.45) is 3.53. The van der Waals surface area contributed by atoms with Gasteiger partial charge in [0, 0.05) is 60.8 Å². The molecule has 2 N–H and O–H groups in total. The van der Waals surface area contributed by atoms with E-state index in [-0.39, 0.29) is 11.5 Å². The Hall–Kier alpha value is -4.86. The van der Waals surface area contributed by atoms with E-state index < -0.39 is 0 Å². The lowest BCUT2D eigenvalue weighted by atomic mass is 10.00. The van der Waals surface area contributed by atoms with Crippen molar-refractivity contribution in [1.29, 1.82) is 0 Å². The number of aromatic nitrogens is 3. The largest absolute Gasteiger partial charge is 0.379 e. The number of anilines is 2. The van der Waals surface area contributed by atoms with Crippen LogP contribution in [0.1, 0.15) is 17.3 Å². The van der Waals surface area contributed by atoms with Crippen molar-refractivity contribution in [3.8, 4) is 22.4 Å². The van der Waals surface area contributed by atoms with Gasteiger partial charge in [-0.2, -0.15) is 5.10 Å². The molecule has 5 aromatic rings. The van der Waals surface area contributed by atoms with Gasteiger partial charge in [0.05, 0.1) is 30.8 Å². The zero-order valence-corrected chi connectivity index (χ0v) is 24.1. The highest BCUT2D eigenvalue weighted by Crippen LogP contribution is 2.28. The molecule has 43 heavy (non-hydrogen) atoms. The maximum absolute atomic E-state index is 13.2. The minimum Gasteiger partial charge on any atom is -0.379 e. The SMILES string of the molecule is CCn1nc(-c2cccc(-c3ccc(C(=O)NCCN4CCOCC4)cc3)c2)cc(Nc2cncc3ccccc23)c1=O. The summed E-state index contributed by atoms with van der Waals surface area (Å²) in [5.74, 6) is -0.0824. The first-order valence-electron chi connectivity index (χ1n) is 14.6. The fraction of sp³-hybridized carbons (Fsp3) is 0.235. The molecule has 2 aromatic heterocycles. The Morgan fingerprint density at radius 3 is 2.49 bits per heavy atom. The van der Waals surface area contributed by atoms with Crippen LogP contribution in [0.2, 0.25) is 0 Å². The summed E-state index contributed by atoms with van der Waals surface area (Å²) in [5, 5.41) is 12.9. The van der Waals surface area contributed by atoms with Crippen LogP contribution in [0.15, 0.2) is 96.1 Å². The van der Waals surface area contributed by atoms with Gasteiger partial charge in [0.15, 0.2) is 0 Å². The molecular weight excluding hydrogens is 540 g/mol. The summed E-state index contributed by atoms with van der Waals surface area (Å²) in [7, 11) is 0. The summed E-state index contributed by atoms with van der Waals surface area (Å²) >= 11 is 0. The van der Waals surface area contributed by atoms with Crippen LogP contribution >= 0.6 is 0 Å². The second-order valence-corrected chi connectivity index (χ2v) is 10.5. The van der Waals surface area contributed by atoms with Crippen molar-refractivity contribution in [3.05, 3.63) is 107 Å². The molecule has 9 nitrogen and oxygen atoms in total. The van der Waals surface area contributed by atoms with E-state index in [4.69, 9.17) is 4.74 Å². The van der Waals surface area contributed by atoms with Crippen LogP contribution in [0.3, 0.4) is 0 Å². The number of pyridine rings is 1. The van der Waals surface area contributed by atoms with E-state index in [1.807, 2.05) is 79.7 Å². The Kier molecular flexibility index (Phi) is 8.53. The molecule has 1 saturated heterocycles. The topological polar surface area (TPSA) is 101 Å². The Labute approximate surface area is 250 Å². The van der Waals surface area contributed by atoms with E-state index in [9.17, 15) is 9.59 Å². The molecule has 0 spiro atoms. The van der Waals surface area contributed by atoms with Gasteiger partial charge in [-0.15, -0.1) is 0 Å². The number of rotatable bonds is 9. The van der Waals surface area contributed by atoms with Crippen molar-refractivity contribution >= 4 is 28.1 Å². The minimum atomic E-state index is -0.200. The van der Waals surface area contributed by atoms with E-state index in [1.165, 1.54) is 4.68 Å². The lowest BCUT2D eigenvalue weighted by molar-refractivity contribution is 0.0383. The molecule has 1 fully saturated rings. The third kappa shape index (κ3) is 6.48. The highest BCUT2D eigenvalue weighted by molar-refractivity contribution is 5.95. The first kappa shape index (κ1) is 28.3. The highest BCUT2D eigenvalue weighted by Gasteiger charge is 2.14. The zero-order valence-electron chi connectivity index (χ0n) is 24.1. The Morgan fingerprint density at radius 2 is 1.67 bits per heavy atom. The number of hydrogen-bond donors (Lipinski definition) is 2. The highest BCUT2D eigenvalue weighted by atomic mass is 16.5. The number of carbonyl (C=O) groups excluding carboxylic acids is 1. The Bertz CT molecular complexity index is 1790. The Morgan fingerprint density at radius 1 is 0.884 bits per heavy atom. The molecule has 1 amide bonds. The maximum atomic E-state index is 13.2. The van der Waals surface area contributed by atoms with Gasteiger partial charge in [-0.25, -0.2) is 4.68 Å². The molecule has 0 aliphatic carbocycles.